The van der Waals surface area contributed by atoms with Crippen LogP contribution in [0.4, 0.5) is 0 Å². The van der Waals surface area contributed by atoms with Gasteiger partial charge in [-0.15, -0.1) is 5.10 Å². The third-order valence-corrected chi connectivity index (χ3v) is 3.45. The quantitative estimate of drug-likeness (QED) is 0.945. The second-order valence-electron chi connectivity index (χ2n) is 5.56. The summed E-state index contributed by atoms with van der Waals surface area (Å²) in [5, 5.41) is 11.6. The van der Waals surface area contributed by atoms with Crippen LogP contribution < -0.4 is 5.32 Å². The fraction of sp³-hybridized carbons (Fsp3) is 0.400. The highest BCUT2D eigenvalue weighted by molar-refractivity contribution is 6.31. The van der Waals surface area contributed by atoms with E-state index in [0.29, 0.717) is 10.6 Å². The van der Waals surface area contributed by atoms with E-state index in [1.54, 1.807) is 16.8 Å². The van der Waals surface area contributed by atoms with Gasteiger partial charge in [0.15, 0.2) is 0 Å². The lowest BCUT2D eigenvalue weighted by Gasteiger charge is -2.23. The summed E-state index contributed by atoms with van der Waals surface area (Å²) in [6.45, 7) is 8.42. The molecule has 0 aliphatic heterocycles. The molecule has 2 aromatic rings. The molecule has 2 rings (SSSR count). The summed E-state index contributed by atoms with van der Waals surface area (Å²) in [6.07, 6.45) is 1.84. The number of carbonyl (C=O) groups excluding carboxylic acids is 1. The smallest absolute Gasteiger partial charge is 0.252 e. The summed E-state index contributed by atoms with van der Waals surface area (Å²) in [7, 11) is 0. The first-order chi connectivity index (χ1) is 9.81. The number of carbonyl (C=O) groups is 1. The minimum absolute atomic E-state index is 0.184. The van der Waals surface area contributed by atoms with Crippen LogP contribution in [0, 0.1) is 6.92 Å². The maximum atomic E-state index is 12.4. The first-order valence-corrected chi connectivity index (χ1v) is 7.20. The van der Waals surface area contributed by atoms with Gasteiger partial charge in [-0.2, -0.15) is 0 Å². The summed E-state index contributed by atoms with van der Waals surface area (Å²) in [6, 6.07) is 5.28. The van der Waals surface area contributed by atoms with Gasteiger partial charge < -0.3 is 5.32 Å². The maximum absolute atomic E-state index is 12.4. The lowest BCUT2D eigenvalue weighted by molar-refractivity contribution is 0.0910. The molecule has 5 nitrogen and oxygen atoms in total. The Hall–Kier alpha value is -1.88. The number of nitrogens with one attached hydrogen (secondary N) is 1. The number of aromatic nitrogens is 3. The van der Waals surface area contributed by atoms with E-state index < -0.39 is 5.54 Å². The van der Waals surface area contributed by atoms with Crippen LogP contribution >= 0.6 is 11.6 Å². The van der Waals surface area contributed by atoms with E-state index in [1.807, 2.05) is 40.0 Å². The maximum Gasteiger partial charge on any atom is 0.252 e. The van der Waals surface area contributed by atoms with Gasteiger partial charge in [0.05, 0.1) is 11.7 Å². The van der Waals surface area contributed by atoms with E-state index in [-0.39, 0.29) is 5.91 Å². The van der Waals surface area contributed by atoms with Gasteiger partial charge in [-0.1, -0.05) is 16.8 Å². The van der Waals surface area contributed by atoms with Gasteiger partial charge in [-0.3, -0.25) is 9.48 Å². The molecule has 0 fully saturated rings. The Morgan fingerprint density at radius 1 is 1.38 bits per heavy atom. The van der Waals surface area contributed by atoms with Crippen LogP contribution in [0.3, 0.4) is 0 Å². The number of rotatable bonds is 4. The lowest BCUT2D eigenvalue weighted by atomic mass is 10.0. The van der Waals surface area contributed by atoms with E-state index in [0.717, 1.165) is 17.8 Å². The zero-order valence-electron chi connectivity index (χ0n) is 12.6. The first-order valence-electron chi connectivity index (χ1n) is 6.82. The van der Waals surface area contributed by atoms with Gasteiger partial charge in [0.25, 0.3) is 5.91 Å². The summed E-state index contributed by atoms with van der Waals surface area (Å²) >= 11 is 6.00. The van der Waals surface area contributed by atoms with Gasteiger partial charge in [-0.05, 0) is 51.5 Å². The first kappa shape index (κ1) is 15.5. The van der Waals surface area contributed by atoms with Crippen LogP contribution in [0.25, 0.3) is 0 Å². The van der Waals surface area contributed by atoms with E-state index in [9.17, 15) is 4.79 Å². The highest BCUT2D eigenvalue weighted by atomic mass is 35.5. The Kier molecular flexibility index (Phi) is 4.32. The number of hydrogen-bond acceptors (Lipinski definition) is 3. The zero-order chi connectivity index (χ0) is 15.6. The van der Waals surface area contributed by atoms with Gasteiger partial charge in [0.1, 0.15) is 5.69 Å². The molecule has 0 spiro atoms. The molecule has 1 heterocycles. The summed E-state index contributed by atoms with van der Waals surface area (Å²) in [5.41, 5.74) is 1.59. The molecule has 0 aliphatic rings. The molecule has 0 unspecified atom stereocenters. The van der Waals surface area contributed by atoms with Crippen molar-refractivity contribution < 1.29 is 4.79 Å². The molecule has 21 heavy (non-hydrogen) atoms. The average molecular weight is 307 g/mol. The summed E-state index contributed by atoms with van der Waals surface area (Å²) < 4.78 is 1.73. The van der Waals surface area contributed by atoms with Gasteiger partial charge >= 0.3 is 0 Å². The Labute approximate surface area is 129 Å². The van der Waals surface area contributed by atoms with Crippen LogP contribution in [0.5, 0.6) is 0 Å². The number of halogens is 1. The molecule has 0 aliphatic carbocycles. The van der Waals surface area contributed by atoms with Crippen molar-refractivity contribution >= 4 is 17.5 Å². The Morgan fingerprint density at radius 2 is 2.10 bits per heavy atom. The second-order valence-corrected chi connectivity index (χ2v) is 5.99. The van der Waals surface area contributed by atoms with Crippen LogP contribution in [0.2, 0.25) is 5.02 Å². The number of nitrogens with zero attached hydrogens (tertiary/aromatic N) is 3. The molecular formula is C15H19ClN4O. The van der Waals surface area contributed by atoms with Crippen molar-refractivity contribution in [3.63, 3.8) is 0 Å². The SMILES string of the molecule is CCn1cc(C(C)(C)NC(=O)c2cc(C)cc(Cl)c2)nn1. The molecule has 1 aromatic carbocycles. The molecule has 6 heteroatoms. The summed E-state index contributed by atoms with van der Waals surface area (Å²) in [5.74, 6) is -0.184. The minimum Gasteiger partial charge on any atom is -0.341 e. The van der Waals surface area contributed by atoms with Crippen LogP contribution in [0.15, 0.2) is 24.4 Å². The zero-order valence-corrected chi connectivity index (χ0v) is 13.4. The van der Waals surface area contributed by atoms with Crippen LogP contribution in [-0.2, 0) is 12.1 Å². The lowest BCUT2D eigenvalue weighted by Crippen LogP contribution is -2.41. The van der Waals surface area contributed by atoms with E-state index >= 15 is 0 Å². The highest BCUT2D eigenvalue weighted by Gasteiger charge is 2.26. The molecule has 1 N–H and O–H groups in total. The topological polar surface area (TPSA) is 59.8 Å². The van der Waals surface area contributed by atoms with Crippen molar-refractivity contribution in [1.29, 1.82) is 0 Å². The van der Waals surface area contributed by atoms with Crippen LogP contribution in [-0.4, -0.2) is 20.9 Å². The number of benzene rings is 1. The van der Waals surface area contributed by atoms with Gasteiger partial charge in [0.2, 0.25) is 0 Å². The fourth-order valence-corrected chi connectivity index (χ4v) is 2.32. The monoisotopic (exact) mass is 306 g/mol. The van der Waals surface area contributed by atoms with Crippen molar-refractivity contribution in [1.82, 2.24) is 20.3 Å². The Balaban J connectivity index is 2.20. The number of aryl methyl sites for hydroxylation is 2. The predicted molar refractivity (Wildman–Crippen MR) is 82.4 cm³/mol. The van der Waals surface area contributed by atoms with Crippen molar-refractivity contribution in [2.75, 3.05) is 0 Å². The molecule has 0 radical (unpaired) electrons. The largest absolute Gasteiger partial charge is 0.341 e. The summed E-state index contributed by atoms with van der Waals surface area (Å²) in [4.78, 5) is 12.4. The minimum atomic E-state index is -0.610. The van der Waals surface area contributed by atoms with Crippen molar-refractivity contribution in [3.05, 3.63) is 46.2 Å². The number of hydrogen-bond donors (Lipinski definition) is 1. The number of amides is 1. The molecule has 0 atom stereocenters. The third-order valence-electron chi connectivity index (χ3n) is 3.23. The average Bonchev–Trinajstić information content (AvgIpc) is 2.86. The highest BCUT2D eigenvalue weighted by Crippen LogP contribution is 2.20. The molecule has 1 amide bonds. The molecule has 112 valence electrons. The Bertz CT molecular complexity index is 643. The predicted octanol–water partition coefficient (Wildman–Crippen LogP) is 2.92. The van der Waals surface area contributed by atoms with E-state index in [1.165, 1.54) is 0 Å². The van der Waals surface area contributed by atoms with Gasteiger partial charge in [-0.25, -0.2) is 0 Å². The van der Waals surface area contributed by atoms with Gasteiger partial charge in [0, 0.05) is 17.1 Å². The molecule has 0 saturated carbocycles. The third kappa shape index (κ3) is 3.61. The normalized spacial score (nSPS) is 11.5. The molecule has 1 aromatic heterocycles. The standard InChI is InChI=1S/C15H19ClN4O/c1-5-20-9-13(18-19-20)15(3,4)17-14(21)11-6-10(2)7-12(16)8-11/h6-9H,5H2,1-4H3,(H,17,21). The van der Waals surface area contributed by atoms with Crippen molar-refractivity contribution in [2.45, 2.75) is 39.8 Å². The van der Waals surface area contributed by atoms with Crippen molar-refractivity contribution in [2.24, 2.45) is 0 Å². The van der Waals surface area contributed by atoms with Crippen molar-refractivity contribution in [3.8, 4) is 0 Å². The van der Waals surface area contributed by atoms with E-state index in [2.05, 4.69) is 15.6 Å². The fourth-order valence-electron chi connectivity index (χ4n) is 2.03. The van der Waals surface area contributed by atoms with Crippen LogP contribution in [0.1, 0.15) is 42.4 Å². The molecule has 0 bridgehead atoms. The van der Waals surface area contributed by atoms with E-state index in [4.69, 9.17) is 11.6 Å². The molecular weight excluding hydrogens is 288 g/mol. The molecule has 0 saturated heterocycles. The second kappa shape index (κ2) is 5.85. The Morgan fingerprint density at radius 3 is 2.67 bits per heavy atom.